The second kappa shape index (κ2) is 6.47. The van der Waals surface area contributed by atoms with Crippen molar-refractivity contribution in [2.24, 2.45) is 0 Å². The molecule has 1 aromatic rings. The molecule has 2 rings (SSSR count). The van der Waals surface area contributed by atoms with Gasteiger partial charge in [-0.05, 0) is 13.0 Å². The molecule has 0 spiro atoms. The van der Waals surface area contributed by atoms with E-state index < -0.39 is 0 Å². The second-order valence-electron chi connectivity index (χ2n) is 4.05. The van der Waals surface area contributed by atoms with Crippen LogP contribution in [0.1, 0.15) is 16.9 Å². The molecule has 0 aliphatic carbocycles. The maximum Gasteiger partial charge on any atom is 0.273 e. The first-order valence-corrected chi connectivity index (χ1v) is 7.83. The zero-order chi connectivity index (χ0) is 12.1. The van der Waals surface area contributed by atoms with Crippen LogP contribution in [0.3, 0.4) is 0 Å². The molecule has 0 unspecified atom stereocenters. The lowest BCUT2D eigenvalue weighted by molar-refractivity contribution is 0.0757. The normalized spacial score (nSPS) is 18.1. The summed E-state index contributed by atoms with van der Waals surface area (Å²) in [5, 5.41) is 2.82. The van der Waals surface area contributed by atoms with Crippen molar-refractivity contribution < 1.29 is 4.79 Å². The van der Waals surface area contributed by atoms with Crippen molar-refractivity contribution >= 4 is 33.2 Å². The van der Waals surface area contributed by atoms with Gasteiger partial charge in [0, 0.05) is 36.9 Å². The van der Waals surface area contributed by atoms with E-state index >= 15 is 0 Å². The Morgan fingerprint density at radius 3 is 3.00 bits per heavy atom. The zero-order valence-electron chi connectivity index (χ0n) is 9.64. The third kappa shape index (κ3) is 3.50. The van der Waals surface area contributed by atoms with Crippen LogP contribution in [0.4, 0.5) is 0 Å². The summed E-state index contributed by atoms with van der Waals surface area (Å²) in [5.74, 6) is 0.0759. The van der Waals surface area contributed by atoms with Crippen LogP contribution in [-0.2, 0) is 0 Å². The van der Waals surface area contributed by atoms with Gasteiger partial charge in [0.05, 0.1) is 5.51 Å². The van der Waals surface area contributed by atoms with Crippen molar-refractivity contribution in [3.63, 3.8) is 0 Å². The Morgan fingerprint density at radius 1 is 1.41 bits per heavy atom. The van der Waals surface area contributed by atoms with Gasteiger partial charge in [-0.2, -0.15) is 0 Å². The average Bonchev–Trinajstić information content (AvgIpc) is 2.76. The number of amides is 1. The molecule has 1 fully saturated rings. The summed E-state index contributed by atoms with van der Waals surface area (Å²) in [5.41, 5.74) is 2.30. The van der Waals surface area contributed by atoms with E-state index in [1.54, 1.807) is 5.51 Å². The lowest BCUT2D eigenvalue weighted by Crippen LogP contribution is -2.35. The molecule has 17 heavy (non-hydrogen) atoms. The van der Waals surface area contributed by atoms with Crippen LogP contribution in [0, 0.1) is 0 Å². The highest BCUT2D eigenvalue weighted by molar-refractivity contribution is 9.09. The lowest BCUT2D eigenvalue weighted by Gasteiger charge is -2.20. The SMILES string of the molecule is O=C(c1cscn1)N1CCCN(CCBr)CC1. The maximum atomic E-state index is 12.1. The van der Waals surface area contributed by atoms with E-state index in [9.17, 15) is 4.79 Å². The van der Waals surface area contributed by atoms with E-state index in [4.69, 9.17) is 0 Å². The minimum atomic E-state index is 0.0759. The Bertz CT molecular complexity index is 358. The Balaban J connectivity index is 1.92. The molecule has 1 aliphatic rings. The number of alkyl halides is 1. The Kier molecular flexibility index (Phi) is 4.94. The Hall–Kier alpha value is -0.460. The molecule has 0 radical (unpaired) electrons. The highest BCUT2D eigenvalue weighted by atomic mass is 79.9. The zero-order valence-corrected chi connectivity index (χ0v) is 12.0. The Labute approximate surface area is 114 Å². The largest absolute Gasteiger partial charge is 0.336 e. The van der Waals surface area contributed by atoms with Gasteiger partial charge in [0.25, 0.3) is 5.91 Å². The fourth-order valence-corrected chi connectivity index (χ4v) is 3.02. The molecule has 1 saturated heterocycles. The highest BCUT2D eigenvalue weighted by Crippen LogP contribution is 2.09. The highest BCUT2D eigenvalue weighted by Gasteiger charge is 2.20. The quantitative estimate of drug-likeness (QED) is 0.796. The predicted octanol–water partition coefficient (Wildman–Crippen LogP) is 1.69. The molecule has 0 saturated carbocycles. The number of aromatic nitrogens is 1. The average molecular weight is 318 g/mol. The number of carbonyl (C=O) groups excluding carboxylic acids is 1. The fourth-order valence-electron chi connectivity index (χ4n) is 2.00. The van der Waals surface area contributed by atoms with Crippen LogP contribution >= 0.6 is 27.3 Å². The van der Waals surface area contributed by atoms with E-state index in [1.807, 2.05) is 10.3 Å². The van der Waals surface area contributed by atoms with E-state index in [2.05, 4.69) is 25.8 Å². The molecule has 0 aromatic carbocycles. The third-order valence-electron chi connectivity index (χ3n) is 2.93. The molecule has 1 aromatic heterocycles. The maximum absolute atomic E-state index is 12.1. The summed E-state index contributed by atoms with van der Waals surface area (Å²) >= 11 is 4.93. The summed E-state index contributed by atoms with van der Waals surface area (Å²) in [6.07, 6.45) is 1.04. The minimum Gasteiger partial charge on any atom is -0.336 e. The molecule has 6 heteroatoms. The number of rotatable bonds is 3. The molecule has 94 valence electrons. The van der Waals surface area contributed by atoms with Crippen LogP contribution in [0.25, 0.3) is 0 Å². The van der Waals surface area contributed by atoms with E-state index in [-0.39, 0.29) is 5.91 Å². The molecular formula is C11H16BrN3OS. The van der Waals surface area contributed by atoms with Crippen molar-refractivity contribution in [1.82, 2.24) is 14.8 Å². The molecule has 0 bridgehead atoms. The summed E-state index contributed by atoms with van der Waals surface area (Å²) in [4.78, 5) is 20.5. The Morgan fingerprint density at radius 2 is 2.29 bits per heavy atom. The number of carbonyl (C=O) groups is 1. The van der Waals surface area contributed by atoms with Gasteiger partial charge >= 0.3 is 0 Å². The van der Waals surface area contributed by atoms with Gasteiger partial charge in [-0.3, -0.25) is 4.79 Å². The molecule has 0 N–H and O–H groups in total. The number of hydrogen-bond donors (Lipinski definition) is 0. The standard InChI is InChI=1S/C11H16BrN3OS/c12-2-5-14-3-1-4-15(7-6-14)11(16)10-8-17-9-13-10/h8-9H,1-7H2. The number of thiazole rings is 1. The monoisotopic (exact) mass is 317 g/mol. The first-order valence-electron chi connectivity index (χ1n) is 5.77. The van der Waals surface area contributed by atoms with Crippen molar-refractivity contribution in [1.29, 1.82) is 0 Å². The smallest absolute Gasteiger partial charge is 0.273 e. The first-order chi connectivity index (χ1) is 8.31. The van der Waals surface area contributed by atoms with Gasteiger partial charge in [0.15, 0.2) is 0 Å². The van der Waals surface area contributed by atoms with Crippen molar-refractivity contribution in [3.05, 3.63) is 16.6 Å². The molecule has 4 nitrogen and oxygen atoms in total. The second-order valence-corrected chi connectivity index (χ2v) is 5.56. The summed E-state index contributed by atoms with van der Waals surface area (Å²) < 4.78 is 0. The molecular weight excluding hydrogens is 302 g/mol. The summed E-state index contributed by atoms with van der Waals surface area (Å²) in [6.45, 7) is 4.74. The predicted molar refractivity (Wildman–Crippen MR) is 72.9 cm³/mol. The third-order valence-corrected chi connectivity index (χ3v) is 3.87. The summed E-state index contributed by atoms with van der Waals surface area (Å²) in [7, 11) is 0. The van der Waals surface area contributed by atoms with Gasteiger partial charge in [0.1, 0.15) is 5.69 Å². The van der Waals surface area contributed by atoms with Crippen molar-refractivity contribution in [2.75, 3.05) is 38.1 Å². The molecule has 1 amide bonds. The fraction of sp³-hybridized carbons (Fsp3) is 0.636. The number of halogens is 1. The van der Waals surface area contributed by atoms with Gasteiger partial charge in [-0.25, -0.2) is 4.98 Å². The van der Waals surface area contributed by atoms with Crippen molar-refractivity contribution in [2.45, 2.75) is 6.42 Å². The van der Waals surface area contributed by atoms with Crippen LogP contribution in [-0.4, -0.2) is 58.7 Å². The van der Waals surface area contributed by atoms with Crippen LogP contribution in [0.5, 0.6) is 0 Å². The summed E-state index contributed by atoms with van der Waals surface area (Å²) in [6, 6.07) is 0. The molecule has 0 atom stereocenters. The minimum absolute atomic E-state index is 0.0759. The molecule has 2 heterocycles. The van der Waals surface area contributed by atoms with E-state index in [0.29, 0.717) is 5.69 Å². The number of nitrogens with zero attached hydrogens (tertiary/aromatic N) is 3. The topological polar surface area (TPSA) is 36.4 Å². The van der Waals surface area contributed by atoms with Crippen molar-refractivity contribution in [3.8, 4) is 0 Å². The van der Waals surface area contributed by atoms with Gasteiger partial charge in [0.2, 0.25) is 0 Å². The van der Waals surface area contributed by atoms with Gasteiger partial charge in [-0.15, -0.1) is 11.3 Å². The molecule has 1 aliphatic heterocycles. The van der Waals surface area contributed by atoms with Gasteiger partial charge < -0.3 is 9.80 Å². The van der Waals surface area contributed by atoms with Crippen LogP contribution in [0.15, 0.2) is 10.9 Å². The lowest BCUT2D eigenvalue weighted by atomic mass is 10.3. The van der Waals surface area contributed by atoms with Gasteiger partial charge in [-0.1, -0.05) is 15.9 Å². The number of hydrogen-bond acceptors (Lipinski definition) is 4. The van der Waals surface area contributed by atoms with E-state index in [1.165, 1.54) is 11.3 Å². The van der Waals surface area contributed by atoms with Crippen LogP contribution in [0.2, 0.25) is 0 Å². The van der Waals surface area contributed by atoms with E-state index in [0.717, 1.165) is 44.5 Å². The first kappa shape index (κ1) is 13.0. The van der Waals surface area contributed by atoms with Crippen LogP contribution < -0.4 is 0 Å².